The molecule has 0 saturated heterocycles. The zero-order chi connectivity index (χ0) is 7.56. The number of hydrogen-bond donors (Lipinski definition) is 1. The Bertz CT molecular complexity index is 260. The van der Waals surface area contributed by atoms with Crippen LogP contribution in [0.5, 0.6) is 0 Å². The molecule has 2 nitrogen and oxygen atoms in total. The Morgan fingerprint density at radius 1 is 1.50 bits per heavy atom. The van der Waals surface area contributed by atoms with Crippen LogP contribution < -0.4 is 5.73 Å². The molecule has 0 aliphatic heterocycles. The molecule has 1 aromatic rings. The quantitative estimate of drug-likeness (QED) is 0.471. The Hall–Kier alpha value is -1.38. The highest BCUT2D eigenvalue weighted by molar-refractivity contribution is 5.89. The van der Waals surface area contributed by atoms with E-state index in [-0.39, 0.29) is 5.56 Å². The Morgan fingerprint density at radius 2 is 2.20 bits per heavy atom. The average molecular weight is 139 g/mol. The molecule has 0 fully saturated rings. The second kappa shape index (κ2) is 2.47. The van der Waals surface area contributed by atoms with Crippen LogP contribution >= 0.6 is 0 Å². The molecule has 52 valence electrons. The second-order valence-electron chi connectivity index (χ2n) is 1.90. The molecule has 0 unspecified atom stereocenters. The molecule has 0 spiro atoms. The highest BCUT2D eigenvalue weighted by Gasteiger charge is 2.01. The van der Waals surface area contributed by atoms with Gasteiger partial charge in [0, 0.05) is 5.69 Å². The fourth-order valence-corrected chi connectivity index (χ4v) is 0.661. The molecule has 0 aliphatic carbocycles. The van der Waals surface area contributed by atoms with Crippen LogP contribution in [0.4, 0.5) is 10.1 Å². The summed E-state index contributed by atoms with van der Waals surface area (Å²) < 4.78 is 11.9. The lowest BCUT2D eigenvalue weighted by atomic mass is 10.2. The number of rotatable bonds is 1. The zero-order valence-corrected chi connectivity index (χ0v) is 5.17. The number of carbonyl (C=O) groups is 1. The third kappa shape index (κ3) is 1.31. The van der Waals surface area contributed by atoms with Crippen molar-refractivity contribution in [3.05, 3.63) is 29.8 Å². The van der Waals surface area contributed by atoms with E-state index in [2.05, 4.69) is 0 Å². The summed E-state index contributed by atoms with van der Waals surface area (Å²) in [7, 11) is 0. The molecule has 0 saturated carbocycles. The van der Waals surface area contributed by atoms with Gasteiger partial charge in [-0.1, -0.05) is 6.07 Å². The smallest absolute Gasteiger partial charge is 0.332 e. The van der Waals surface area contributed by atoms with E-state index in [1.54, 1.807) is 6.07 Å². The molecule has 0 atom stereocenters. The molecule has 3 heteroatoms. The van der Waals surface area contributed by atoms with Gasteiger partial charge in [0.25, 0.3) is 0 Å². The van der Waals surface area contributed by atoms with E-state index in [4.69, 9.17) is 5.73 Å². The number of benzene rings is 1. The molecule has 0 radical (unpaired) electrons. The van der Waals surface area contributed by atoms with Crippen LogP contribution in [0, 0.1) is 0 Å². The van der Waals surface area contributed by atoms with Gasteiger partial charge in [-0.2, -0.15) is 4.39 Å². The second-order valence-corrected chi connectivity index (χ2v) is 1.90. The van der Waals surface area contributed by atoms with E-state index >= 15 is 0 Å². The first-order valence-electron chi connectivity index (χ1n) is 2.75. The Morgan fingerprint density at radius 3 is 2.60 bits per heavy atom. The summed E-state index contributed by atoms with van der Waals surface area (Å²) in [6.07, 6.45) is 0. The van der Waals surface area contributed by atoms with Gasteiger partial charge in [-0.25, -0.2) is 0 Å². The van der Waals surface area contributed by atoms with Gasteiger partial charge in [0.1, 0.15) is 0 Å². The minimum absolute atomic E-state index is 0.000000000000000222. The van der Waals surface area contributed by atoms with Gasteiger partial charge >= 0.3 is 6.04 Å². The van der Waals surface area contributed by atoms with Crippen LogP contribution in [0.1, 0.15) is 10.4 Å². The monoisotopic (exact) mass is 139 g/mol. The molecule has 0 aromatic heterocycles. The number of anilines is 1. The molecule has 0 amide bonds. The van der Waals surface area contributed by atoms with Crippen molar-refractivity contribution in [2.75, 3.05) is 5.73 Å². The Kier molecular flexibility index (Phi) is 1.67. The largest absolute Gasteiger partial charge is 0.399 e. The van der Waals surface area contributed by atoms with Crippen molar-refractivity contribution < 1.29 is 9.18 Å². The van der Waals surface area contributed by atoms with Crippen molar-refractivity contribution in [1.82, 2.24) is 0 Å². The fourth-order valence-electron chi connectivity index (χ4n) is 0.661. The van der Waals surface area contributed by atoms with Crippen molar-refractivity contribution in [1.29, 1.82) is 0 Å². The number of nitrogen functional groups attached to an aromatic ring is 1. The van der Waals surface area contributed by atoms with E-state index in [9.17, 15) is 9.18 Å². The van der Waals surface area contributed by atoms with E-state index in [0.29, 0.717) is 5.69 Å². The van der Waals surface area contributed by atoms with Crippen LogP contribution in [0.15, 0.2) is 24.3 Å². The molecule has 0 heterocycles. The molecule has 1 rings (SSSR count). The topological polar surface area (TPSA) is 43.1 Å². The average Bonchev–Trinajstić information content (AvgIpc) is 1.88. The first-order valence-corrected chi connectivity index (χ1v) is 2.75. The van der Waals surface area contributed by atoms with Crippen LogP contribution in [0.2, 0.25) is 0 Å². The maximum Gasteiger partial charge on any atom is 0.332 e. The minimum atomic E-state index is -1.45. The van der Waals surface area contributed by atoms with E-state index in [1.807, 2.05) is 0 Å². The van der Waals surface area contributed by atoms with E-state index < -0.39 is 6.04 Å². The summed E-state index contributed by atoms with van der Waals surface area (Å²) in [5, 5.41) is 0. The van der Waals surface area contributed by atoms with Crippen LogP contribution in [-0.4, -0.2) is 6.04 Å². The SMILES string of the molecule is Nc1cccc(C(=O)F)c1. The standard InChI is InChI=1S/C7H6FNO/c8-7(10)5-2-1-3-6(9)4-5/h1-4H,9H2. The van der Waals surface area contributed by atoms with Gasteiger partial charge in [0.15, 0.2) is 0 Å². The van der Waals surface area contributed by atoms with Crippen molar-refractivity contribution in [3.63, 3.8) is 0 Å². The first-order chi connectivity index (χ1) is 4.70. The highest BCUT2D eigenvalue weighted by Crippen LogP contribution is 2.06. The molecule has 10 heavy (non-hydrogen) atoms. The van der Waals surface area contributed by atoms with Crippen LogP contribution in [0.3, 0.4) is 0 Å². The van der Waals surface area contributed by atoms with E-state index in [0.717, 1.165) is 0 Å². The number of nitrogens with two attached hydrogens (primary N) is 1. The third-order valence-electron chi connectivity index (χ3n) is 1.11. The lowest BCUT2D eigenvalue weighted by Gasteiger charge is -1.92. The Balaban J connectivity index is 3.07. The van der Waals surface area contributed by atoms with E-state index in [1.165, 1.54) is 18.2 Å². The summed E-state index contributed by atoms with van der Waals surface area (Å²) in [5.74, 6) is 0. The van der Waals surface area contributed by atoms with Crippen LogP contribution in [-0.2, 0) is 0 Å². The third-order valence-corrected chi connectivity index (χ3v) is 1.11. The maximum atomic E-state index is 11.9. The Labute approximate surface area is 57.5 Å². The van der Waals surface area contributed by atoms with Crippen molar-refractivity contribution >= 4 is 11.7 Å². The fraction of sp³-hybridized carbons (Fsp3) is 0. The van der Waals surface area contributed by atoms with Gasteiger partial charge in [-0.15, -0.1) is 0 Å². The van der Waals surface area contributed by atoms with Gasteiger partial charge in [0.2, 0.25) is 0 Å². The maximum absolute atomic E-state index is 11.9. The molecule has 0 bridgehead atoms. The van der Waals surface area contributed by atoms with Crippen molar-refractivity contribution in [3.8, 4) is 0 Å². The summed E-state index contributed by atoms with van der Waals surface area (Å²) in [5.41, 5.74) is 5.67. The van der Waals surface area contributed by atoms with Crippen molar-refractivity contribution in [2.45, 2.75) is 0 Å². The molecular formula is C7H6FNO. The van der Waals surface area contributed by atoms with Crippen LogP contribution in [0.25, 0.3) is 0 Å². The summed E-state index contributed by atoms with van der Waals surface area (Å²) >= 11 is 0. The molecular weight excluding hydrogens is 133 g/mol. The lowest BCUT2D eigenvalue weighted by molar-refractivity contribution is 0.0836. The van der Waals surface area contributed by atoms with Gasteiger partial charge in [-0.05, 0) is 18.2 Å². The number of carbonyl (C=O) groups excluding carboxylic acids is 1. The minimum Gasteiger partial charge on any atom is -0.399 e. The first kappa shape index (κ1) is 6.74. The lowest BCUT2D eigenvalue weighted by Crippen LogP contribution is -1.91. The summed E-state index contributed by atoms with van der Waals surface area (Å²) in [4.78, 5) is 10.1. The van der Waals surface area contributed by atoms with Gasteiger partial charge < -0.3 is 5.73 Å². The predicted octanol–water partition coefficient (Wildman–Crippen LogP) is 1.38. The number of hydrogen-bond acceptors (Lipinski definition) is 2. The number of halogens is 1. The summed E-state index contributed by atoms with van der Waals surface area (Å²) in [6, 6.07) is 4.34. The highest BCUT2D eigenvalue weighted by atomic mass is 19.1. The summed E-state index contributed by atoms with van der Waals surface area (Å²) in [6.45, 7) is 0. The molecule has 0 aliphatic rings. The predicted molar refractivity (Wildman–Crippen MR) is 36.3 cm³/mol. The molecule has 1 aromatic carbocycles. The van der Waals surface area contributed by atoms with Gasteiger partial charge in [-0.3, -0.25) is 4.79 Å². The normalized spacial score (nSPS) is 9.30. The molecule has 2 N–H and O–H groups in total. The van der Waals surface area contributed by atoms with Gasteiger partial charge in [0.05, 0.1) is 5.56 Å². The zero-order valence-electron chi connectivity index (χ0n) is 5.17. The van der Waals surface area contributed by atoms with Crippen molar-refractivity contribution in [2.24, 2.45) is 0 Å².